The van der Waals surface area contributed by atoms with Crippen molar-refractivity contribution in [2.24, 2.45) is 0 Å². The summed E-state index contributed by atoms with van der Waals surface area (Å²) in [5, 5.41) is 6.22. The van der Waals surface area contributed by atoms with E-state index in [0.29, 0.717) is 34.2 Å². The Labute approximate surface area is 261 Å². The molecule has 0 bridgehead atoms. The van der Waals surface area contributed by atoms with E-state index in [2.05, 4.69) is 34.9 Å². The van der Waals surface area contributed by atoms with Crippen LogP contribution in [0.25, 0.3) is 0 Å². The molecule has 1 aliphatic carbocycles. The molecule has 1 heterocycles. The Hall–Kier alpha value is -3.88. The lowest BCUT2D eigenvalue weighted by atomic mass is 9.83. The molecule has 5 rings (SSSR count). The number of anilines is 2. The highest BCUT2D eigenvalue weighted by Crippen LogP contribution is 2.43. The van der Waals surface area contributed by atoms with Crippen LogP contribution in [0.1, 0.15) is 74.9 Å². The summed E-state index contributed by atoms with van der Waals surface area (Å²) in [6, 6.07) is 25.4. The second-order valence-corrected chi connectivity index (χ2v) is 13.0. The molecular weight excluding hydrogens is 577 g/mol. The van der Waals surface area contributed by atoms with Crippen molar-refractivity contribution in [1.29, 1.82) is 0 Å². The predicted octanol–water partition coefficient (Wildman–Crippen LogP) is 8.27. The molecule has 6 nitrogen and oxygen atoms in total. The summed E-state index contributed by atoms with van der Waals surface area (Å²) < 4.78 is 5.43. The van der Waals surface area contributed by atoms with Gasteiger partial charge >= 0.3 is 5.97 Å². The number of hydrogen-bond donors (Lipinski definition) is 2. The zero-order chi connectivity index (χ0) is 30.3. The van der Waals surface area contributed by atoms with E-state index in [1.165, 1.54) is 28.7 Å². The van der Waals surface area contributed by atoms with Crippen LogP contribution in [0.4, 0.5) is 10.7 Å². The molecule has 1 aliphatic rings. The fourth-order valence-corrected chi connectivity index (χ4v) is 7.67. The molecule has 2 unspecified atom stereocenters. The number of benzene rings is 3. The lowest BCUT2D eigenvalue weighted by Gasteiger charge is -2.23. The van der Waals surface area contributed by atoms with Gasteiger partial charge in [-0.05, 0) is 86.9 Å². The van der Waals surface area contributed by atoms with Crippen LogP contribution in [-0.4, -0.2) is 29.6 Å². The van der Waals surface area contributed by atoms with Crippen LogP contribution in [0.5, 0.6) is 0 Å². The van der Waals surface area contributed by atoms with Crippen LogP contribution in [0, 0.1) is 6.92 Å². The molecule has 0 saturated heterocycles. The van der Waals surface area contributed by atoms with Gasteiger partial charge in [0.15, 0.2) is 0 Å². The third kappa shape index (κ3) is 7.37. The van der Waals surface area contributed by atoms with E-state index in [-0.39, 0.29) is 24.4 Å². The molecule has 222 valence electrons. The molecule has 3 aromatic carbocycles. The molecule has 0 saturated carbocycles. The summed E-state index contributed by atoms with van der Waals surface area (Å²) in [5.74, 6) is -0.352. The van der Waals surface area contributed by atoms with Crippen LogP contribution >= 0.6 is 23.1 Å². The average molecular weight is 613 g/mol. The van der Waals surface area contributed by atoms with E-state index in [0.717, 1.165) is 40.2 Å². The second-order valence-electron chi connectivity index (χ2n) is 10.6. The van der Waals surface area contributed by atoms with Crippen molar-refractivity contribution in [2.45, 2.75) is 62.5 Å². The molecule has 43 heavy (non-hydrogen) atoms. The van der Waals surface area contributed by atoms with Crippen molar-refractivity contribution >= 4 is 51.6 Å². The number of thiophene rings is 1. The Bertz CT molecular complexity index is 1600. The van der Waals surface area contributed by atoms with Crippen LogP contribution in [0.2, 0.25) is 0 Å². The van der Waals surface area contributed by atoms with E-state index in [1.54, 1.807) is 19.1 Å². The molecule has 0 radical (unpaired) electrons. The van der Waals surface area contributed by atoms with Gasteiger partial charge in [-0.2, -0.15) is 0 Å². The van der Waals surface area contributed by atoms with E-state index < -0.39 is 5.25 Å². The largest absolute Gasteiger partial charge is 0.462 e. The van der Waals surface area contributed by atoms with Gasteiger partial charge in [-0.3, -0.25) is 9.59 Å². The summed E-state index contributed by atoms with van der Waals surface area (Å²) in [5.41, 5.74) is 5.14. The van der Waals surface area contributed by atoms with E-state index in [9.17, 15) is 14.4 Å². The van der Waals surface area contributed by atoms with Crippen LogP contribution < -0.4 is 10.6 Å². The minimum Gasteiger partial charge on any atom is -0.462 e. The minimum atomic E-state index is -0.394. The van der Waals surface area contributed by atoms with Gasteiger partial charge in [-0.25, -0.2) is 4.79 Å². The van der Waals surface area contributed by atoms with Gasteiger partial charge in [0.2, 0.25) is 5.91 Å². The summed E-state index contributed by atoms with van der Waals surface area (Å²) >= 11 is 2.93. The number of carbonyl (C=O) groups is 3. The first kappa shape index (κ1) is 30.6. The normalized spacial score (nSPS) is 14.8. The fraction of sp³-hybridized carbons (Fsp3) is 0.286. The Balaban J connectivity index is 1.31. The second kappa shape index (κ2) is 14.1. The molecule has 1 aromatic heterocycles. The van der Waals surface area contributed by atoms with Gasteiger partial charge in [0.1, 0.15) is 5.00 Å². The quantitative estimate of drug-likeness (QED) is 0.139. The van der Waals surface area contributed by atoms with Crippen molar-refractivity contribution in [1.82, 2.24) is 0 Å². The highest BCUT2D eigenvalue weighted by molar-refractivity contribution is 8.00. The molecule has 8 heteroatoms. The van der Waals surface area contributed by atoms with Crippen molar-refractivity contribution < 1.29 is 19.1 Å². The number of rotatable bonds is 10. The number of aryl methyl sites for hydroxylation is 1. The maximum Gasteiger partial charge on any atom is 0.341 e. The lowest BCUT2D eigenvalue weighted by Crippen LogP contribution is -2.25. The summed E-state index contributed by atoms with van der Waals surface area (Å²) in [7, 11) is 0. The van der Waals surface area contributed by atoms with Crippen molar-refractivity contribution in [2.75, 3.05) is 17.2 Å². The highest BCUT2D eigenvalue weighted by atomic mass is 32.2. The first-order valence-corrected chi connectivity index (χ1v) is 16.4. The minimum absolute atomic E-state index is 0.162. The number of hydrogen-bond acceptors (Lipinski definition) is 6. The first-order chi connectivity index (χ1) is 20.9. The summed E-state index contributed by atoms with van der Waals surface area (Å²) in [4.78, 5) is 41.4. The number of carbonyl (C=O) groups excluding carboxylic acids is 3. The zero-order valence-electron chi connectivity index (χ0n) is 24.6. The lowest BCUT2D eigenvalue weighted by molar-refractivity contribution is -0.115. The Morgan fingerprint density at radius 2 is 1.74 bits per heavy atom. The van der Waals surface area contributed by atoms with E-state index in [1.807, 2.05) is 56.3 Å². The highest BCUT2D eigenvalue weighted by Gasteiger charge is 2.32. The van der Waals surface area contributed by atoms with E-state index in [4.69, 9.17) is 4.74 Å². The first-order valence-electron chi connectivity index (χ1n) is 14.7. The third-order valence-electron chi connectivity index (χ3n) is 7.60. The summed E-state index contributed by atoms with van der Waals surface area (Å²) in [6.45, 7) is 6.01. The Morgan fingerprint density at radius 1 is 0.977 bits per heavy atom. The molecule has 4 aromatic rings. The number of esters is 1. The molecule has 0 fully saturated rings. The monoisotopic (exact) mass is 612 g/mol. The van der Waals surface area contributed by atoms with Gasteiger partial charge in [0.05, 0.1) is 17.4 Å². The number of nitrogens with one attached hydrogen (secondary N) is 2. The fourth-order valence-electron chi connectivity index (χ4n) is 5.34. The van der Waals surface area contributed by atoms with E-state index >= 15 is 0 Å². The number of fused-ring (bicyclic) bond motifs is 1. The molecule has 2 N–H and O–H groups in total. The molecule has 0 spiro atoms. The van der Waals surface area contributed by atoms with Crippen molar-refractivity contribution in [3.8, 4) is 0 Å². The smallest absolute Gasteiger partial charge is 0.341 e. The van der Waals surface area contributed by atoms with Crippen molar-refractivity contribution in [3.63, 3.8) is 0 Å². The van der Waals surface area contributed by atoms with Gasteiger partial charge in [-0.1, -0.05) is 61.0 Å². The van der Waals surface area contributed by atoms with Gasteiger partial charge < -0.3 is 15.4 Å². The third-order valence-corrected chi connectivity index (χ3v) is 10.1. The molecular formula is C35H36N2O4S2. The number of amides is 2. The standard InChI is InChI=1S/C35H36N2O4S2/c1-4-29(42-27-13-9-12-26(21-27)36-32(38)24-16-14-22(3)15-17-24)33(39)37-34-31(35(40)41-5-2)28-19-18-25(20-30(28)43-34)23-10-7-6-8-11-23/h6-17,21,25,29H,4-5,18-20H2,1-3H3,(H,36,38)(H,37,39). The Kier molecular flexibility index (Phi) is 10.00. The number of thioether (sulfide) groups is 1. The van der Waals surface area contributed by atoms with Crippen molar-refractivity contribution in [3.05, 3.63) is 112 Å². The van der Waals surface area contributed by atoms with Gasteiger partial charge in [0, 0.05) is 21.0 Å². The summed E-state index contributed by atoms with van der Waals surface area (Å²) in [6.07, 6.45) is 3.13. The van der Waals surface area contributed by atoms with Crippen LogP contribution in [-0.2, 0) is 22.4 Å². The van der Waals surface area contributed by atoms with Crippen LogP contribution in [0.15, 0.2) is 83.8 Å². The van der Waals surface area contributed by atoms with Gasteiger partial charge in [0.25, 0.3) is 5.91 Å². The molecule has 0 aliphatic heterocycles. The molecule has 2 atom stereocenters. The molecule has 2 amide bonds. The SMILES string of the molecule is CCOC(=O)c1c(NC(=O)C(CC)Sc2cccc(NC(=O)c3ccc(C)cc3)c2)sc2c1CCC(c1ccccc1)C2. The predicted molar refractivity (Wildman–Crippen MR) is 176 cm³/mol. The number of ether oxygens (including phenoxy) is 1. The Morgan fingerprint density at radius 3 is 2.47 bits per heavy atom. The maximum atomic E-state index is 13.6. The maximum absolute atomic E-state index is 13.6. The topological polar surface area (TPSA) is 84.5 Å². The average Bonchev–Trinajstić information content (AvgIpc) is 3.38. The van der Waals surface area contributed by atoms with Gasteiger partial charge in [-0.15, -0.1) is 23.1 Å². The zero-order valence-corrected chi connectivity index (χ0v) is 26.3. The van der Waals surface area contributed by atoms with Crippen LogP contribution in [0.3, 0.4) is 0 Å².